The van der Waals surface area contributed by atoms with E-state index < -0.39 is 0 Å². The van der Waals surface area contributed by atoms with Crippen molar-refractivity contribution in [3.05, 3.63) is 0 Å². The first kappa shape index (κ1) is 11.9. The van der Waals surface area contributed by atoms with Crippen LogP contribution in [0.15, 0.2) is 0 Å². The van der Waals surface area contributed by atoms with Gasteiger partial charge in [-0.05, 0) is 19.8 Å². The molecule has 0 aliphatic rings. The van der Waals surface area contributed by atoms with Gasteiger partial charge in [0.15, 0.2) is 0 Å². The Bertz CT molecular complexity index is 75.8. The Labute approximate surface area is 75.0 Å². The molecule has 0 aromatic carbocycles. The van der Waals surface area contributed by atoms with Crippen LogP contribution in [-0.4, -0.2) is 40.1 Å². The Morgan fingerprint density at radius 1 is 1.00 bits per heavy atom. The summed E-state index contributed by atoms with van der Waals surface area (Å²) in [4.78, 5) is 0. The van der Waals surface area contributed by atoms with E-state index in [9.17, 15) is 0 Å². The highest BCUT2D eigenvalue weighted by atomic mass is 16.5. The molecule has 0 amide bonds. The number of hydrogen-bond acceptors (Lipinski definition) is 3. The van der Waals surface area contributed by atoms with Crippen LogP contribution in [0.4, 0.5) is 0 Å². The molecule has 0 aliphatic heterocycles. The molecule has 0 saturated heterocycles. The fraction of sp³-hybridized carbons (Fsp3) is 1.00. The Balaban J connectivity index is 3.04. The Morgan fingerprint density at radius 2 is 1.67 bits per heavy atom. The van der Waals surface area contributed by atoms with Crippen molar-refractivity contribution in [1.82, 2.24) is 0 Å². The van der Waals surface area contributed by atoms with E-state index in [-0.39, 0.29) is 0 Å². The van der Waals surface area contributed by atoms with Gasteiger partial charge < -0.3 is 14.2 Å². The minimum absolute atomic E-state index is 0.315. The lowest BCUT2D eigenvalue weighted by molar-refractivity contribution is 0.0186. The third-order valence-corrected chi connectivity index (χ3v) is 1.65. The minimum Gasteiger partial charge on any atom is -0.385 e. The highest BCUT2D eigenvalue weighted by Crippen LogP contribution is 2.00. The van der Waals surface area contributed by atoms with Gasteiger partial charge in [0.05, 0.1) is 19.3 Å². The molecule has 0 N–H and O–H groups in total. The second-order valence-corrected chi connectivity index (χ2v) is 2.81. The maximum Gasteiger partial charge on any atom is 0.0703 e. The molecule has 3 heteroatoms. The van der Waals surface area contributed by atoms with Crippen molar-refractivity contribution in [2.24, 2.45) is 0 Å². The highest BCUT2D eigenvalue weighted by molar-refractivity contribution is 4.49. The van der Waals surface area contributed by atoms with Crippen molar-refractivity contribution >= 4 is 0 Å². The number of rotatable bonds is 8. The summed E-state index contributed by atoms with van der Waals surface area (Å²) in [7, 11) is 3.40. The molecule has 0 aliphatic carbocycles. The van der Waals surface area contributed by atoms with Crippen molar-refractivity contribution in [2.75, 3.05) is 34.0 Å². The Hall–Kier alpha value is -0.120. The van der Waals surface area contributed by atoms with Crippen molar-refractivity contribution in [3.8, 4) is 0 Å². The number of methoxy groups -OCH3 is 2. The molecule has 0 aromatic heterocycles. The molecule has 0 spiro atoms. The minimum atomic E-state index is 0.315. The lowest BCUT2D eigenvalue weighted by Gasteiger charge is -2.11. The van der Waals surface area contributed by atoms with Gasteiger partial charge in [-0.15, -0.1) is 0 Å². The van der Waals surface area contributed by atoms with Gasteiger partial charge in [-0.1, -0.05) is 0 Å². The summed E-state index contributed by atoms with van der Waals surface area (Å²) in [6, 6.07) is 0. The average molecular weight is 176 g/mol. The Morgan fingerprint density at radius 3 is 2.25 bits per heavy atom. The molecular weight excluding hydrogens is 156 g/mol. The number of ether oxygens (including phenoxy) is 3. The summed E-state index contributed by atoms with van der Waals surface area (Å²) in [5.74, 6) is 0. The summed E-state index contributed by atoms with van der Waals surface area (Å²) in [6.45, 7) is 4.25. The van der Waals surface area contributed by atoms with Crippen LogP contribution < -0.4 is 0 Å². The van der Waals surface area contributed by atoms with E-state index >= 15 is 0 Å². The van der Waals surface area contributed by atoms with Crippen LogP contribution in [0.5, 0.6) is 0 Å². The summed E-state index contributed by atoms with van der Waals surface area (Å²) in [5, 5.41) is 0. The standard InChI is InChI=1S/C9H20O3/c1-9(5-4-6-10-2)12-8-7-11-3/h9H,4-8H2,1-3H3. The molecule has 3 nitrogen and oxygen atoms in total. The second kappa shape index (κ2) is 8.97. The van der Waals surface area contributed by atoms with Crippen LogP contribution in [0.25, 0.3) is 0 Å². The van der Waals surface area contributed by atoms with E-state index in [1.54, 1.807) is 14.2 Å². The first-order valence-electron chi connectivity index (χ1n) is 4.40. The smallest absolute Gasteiger partial charge is 0.0703 e. The zero-order valence-corrected chi connectivity index (χ0v) is 8.34. The maximum absolute atomic E-state index is 5.45. The highest BCUT2D eigenvalue weighted by Gasteiger charge is 2.00. The van der Waals surface area contributed by atoms with Crippen molar-refractivity contribution in [1.29, 1.82) is 0 Å². The molecular formula is C9H20O3. The molecule has 12 heavy (non-hydrogen) atoms. The summed E-state index contributed by atoms with van der Waals surface area (Å²) < 4.78 is 15.3. The van der Waals surface area contributed by atoms with Crippen LogP contribution in [0, 0.1) is 0 Å². The van der Waals surface area contributed by atoms with Gasteiger partial charge in [0, 0.05) is 20.8 Å². The van der Waals surface area contributed by atoms with Crippen LogP contribution in [-0.2, 0) is 14.2 Å². The normalized spacial score (nSPS) is 13.2. The first-order valence-corrected chi connectivity index (χ1v) is 4.40. The van der Waals surface area contributed by atoms with E-state index in [0.717, 1.165) is 19.4 Å². The molecule has 0 fully saturated rings. The van der Waals surface area contributed by atoms with E-state index in [2.05, 4.69) is 6.92 Å². The molecule has 0 aromatic rings. The van der Waals surface area contributed by atoms with Gasteiger partial charge in [0.25, 0.3) is 0 Å². The summed E-state index contributed by atoms with van der Waals surface area (Å²) in [6.07, 6.45) is 2.43. The quantitative estimate of drug-likeness (QED) is 0.524. The SMILES string of the molecule is COCCCC(C)OCCOC. The maximum atomic E-state index is 5.45. The molecule has 0 heterocycles. The fourth-order valence-electron chi connectivity index (χ4n) is 0.931. The van der Waals surface area contributed by atoms with Gasteiger partial charge in [-0.2, -0.15) is 0 Å². The molecule has 1 atom stereocenters. The van der Waals surface area contributed by atoms with Crippen LogP contribution in [0.3, 0.4) is 0 Å². The van der Waals surface area contributed by atoms with Gasteiger partial charge in [0.2, 0.25) is 0 Å². The summed E-state index contributed by atoms with van der Waals surface area (Å²) >= 11 is 0. The average Bonchev–Trinajstić information content (AvgIpc) is 2.06. The third kappa shape index (κ3) is 7.98. The van der Waals surface area contributed by atoms with E-state index in [1.165, 1.54) is 0 Å². The Kier molecular flexibility index (Phi) is 8.88. The molecule has 0 bridgehead atoms. The second-order valence-electron chi connectivity index (χ2n) is 2.81. The van der Waals surface area contributed by atoms with Crippen LogP contribution in [0.2, 0.25) is 0 Å². The lowest BCUT2D eigenvalue weighted by Crippen LogP contribution is -2.12. The summed E-state index contributed by atoms with van der Waals surface area (Å²) in [5.41, 5.74) is 0. The molecule has 0 rings (SSSR count). The predicted molar refractivity (Wildman–Crippen MR) is 48.4 cm³/mol. The largest absolute Gasteiger partial charge is 0.385 e. The van der Waals surface area contributed by atoms with Gasteiger partial charge in [-0.3, -0.25) is 0 Å². The zero-order valence-electron chi connectivity index (χ0n) is 8.34. The van der Waals surface area contributed by atoms with Crippen LogP contribution in [0.1, 0.15) is 19.8 Å². The van der Waals surface area contributed by atoms with Gasteiger partial charge in [-0.25, -0.2) is 0 Å². The van der Waals surface area contributed by atoms with E-state index in [4.69, 9.17) is 14.2 Å². The first-order chi connectivity index (χ1) is 5.81. The lowest BCUT2D eigenvalue weighted by atomic mass is 10.2. The monoisotopic (exact) mass is 176 g/mol. The third-order valence-electron chi connectivity index (χ3n) is 1.65. The van der Waals surface area contributed by atoms with Gasteiger partial charge >= 0.3 is 0 Å². The fourth-order valence-corrected chi connectivity index (χ4v) is 0.931. The molecule has 0 radical (unpaired) electrons. The van der Waals surface area contributed by atoms with E-state index in [0.29, 0.717) is 19.3 Å². The molecule has 1 unspecified atom stereocenters. The predicted octanol–water partition coefficient (Wildman–Crippen LogP) is 1.46. The van der Waals surface area contributed by atoms with Crippen molar-refractivity contribution in [3.63, 3.8) is 0 Å². The van der Waals surface area contributed by atoms with Gasteiger partial charge in [0.1, 0.15) is 0 Å². The van der Waals surface area contributed by atoms with E-state index in [1.807, 2.05) is 0 Å². The zero-order chi connectivity index (χ0) is 9.23. The van der Waals surface area contributed by atoms with Crippen molar-refractivity contribution in [2.45, 2.75) is 25.9 Å². The van der Waals surface area contributed by atoms with Crippen LogP contribution >= 0.6 is 0 Å². The molecule has 0 saturated carbocycles. The van der Waals surface area contributed by atoms with Crippen molar-refractivity contribution < 1.29 is 14.2 Å². The topological polar surface area (TPSA) is 27.7 Å². The number of hydrogen-bond donors (Lipinski definition) is 0. The molecule has 74 valence electrons.